The number of allylic oxidation sites excluding steroid dienone is 8. The molecule has 0 spiro atoms. The molecule has 58 heavy (non-hydrogen) atoms. The number of unbranched alkanes of at least 4 members (excludes halogenated alkanes) is 22. The average Bonchev–Trinajstić information content (AvgIpc) is 3.21. The molecule has 0 aromatic rings. The molecule has 0 aliphatic rings. The molecule has 0 aromatic carbocycles. The molecule has 6 nitrogen and oxygen atoms in total. The lowest BCUT2D eigenvalue weighted by Crippen LogP contribution is -2.33. The zero-order chi connectivity index (χ0) is 42.3. The third-order valence-electron chi connectivity index (χ3n) is 10.8. The number of hydrogen-bond donors (Lipinski definition) is 0. The summed E-state index contributed by atoms with van der Waals surface area (Å²) >= 11 is 0. The maximum Gasteiger partial charge on any atom is 0.305 e. The Morgan fingerprint density at radius 2 is 0.724 bits per heavy atom. The van der Waals surface area contributed by atoms with E-state index in [1.54, 1.807) is 0 Å². The van der Waals surface area contributed by atoms with E-state index in [0.29, 0.717) is 26.1 Å². The SMILES string of the molecule is CCCCC/C=C\C/C=C\CCCCCCCCOC(=O)CCCCCN(CCCCCC(=O)OCCCCCCCC/C=C\C/C=C\CCCCC)CCN(C)C. The quantitative estimate of drug-likeness (QED) is 0.0347. The Morgan fingerprint density at radius 1 is 0.379 bits per heavy atom. The van der Waals surface area contributed by atoms with Crippen LogP contribution in [0.1, 0.15) is 219 Å². The predicted molar refractivity (Wildman–Crippen MR) is 253 cm³/mol. The molecule has 0 unspecified atom stereocenters. The van der Waals surface area contributed by atoms with E-state index in [2.05, 4.69) is 86.4 Å². The van der Waals surface area contributed by atoms with Crippen molar-refractivity contribution in [3.8, 4) is 0 Å². The molecule has 0 aliphatic heterocycles. The maximum atomic E-state index is 12.2. The Labute approximate surface area is 361 Å². The molecule has 0 saturated carbocycles. The number of ether oxygens (including phenoxy) is 2. The van der Waals surface area contributed by atoms with Crippen molar-refractivity contribution >= 4 is 11.9 Å². The van der Waals surface area contributed by atoms with Gasteiger partial charge in [0.2, 0.25) is 0 Å². The van der Waals surface area contributed by atoms with Crippen LogP contribution in [0, 0.1) is 0 Å². The van der Waals surface area contributed by atoms with Gasteiger partial charge in [0.15, 0.2) is 0 Å². The Hall–Kier alpha value is -2.18. The van der Waals surface area contributed by atoms with Crippen molar-refractivity contribution in [2.75, 3.05) is 53.5 Å². The van der Waals surface area contributed by atoms with Gasteiger partial charge >= 0.3 is 11.9 Å². The standard InChI is InChI=1S/C52H96N2O4/c1-5-7-9-11-13-15-17-19-21-23-25-27-29-31-33-41-49-57-51(55)43-37-35-39-45-54(48-47-53(3)4)46-40-36-38-44-52(56)58-50-42-34-32-30-28-26-24-22-20-18-16-14-12-10-8-6-2/h13-16,19-22H,5-12,17-18,23-50H2,1-4H3/b15-13-,16-14-,21-19-,22-20-. The van der Waals surface area contributed by atoms with Gasteiger partial charge in [-0.15, -0.1) is 0 Å². The fourth-order valence-corrected chi connectivity index (χ4v) is 6.94. The van der Waals surface area contributed by atoms with Crippen molar-refractivity contribution in [2.45, 2.75) is 219 Å². The lowest BCUT2D eigenvalue weighted by Gasteiger charge is -2.24. The van der Waals surface area contributed by atoms with Crippen molar-refractivity contribution in [3.05, 3.63) is 48.6 Å². The van der Waals surface area contributed by atoms with E-state index in [4.69, 9.17) is 9.47 Å². The van der Waals surface area contributed by atoms with Crippen LogP contribution in [0.4, 0.5) is 0 Å². The number of hydrogen-bond acceptors (Lipinski definition) is 6. The summed E-state index contributed by atoms with van der Waals surface area (Å²) in [5.74, 6) is -0.0702. The highest BCUT2D eigenvalue weighted by atomic mass is 16.5. The summed E-state index contributed by atoms with van der Waals surface area (Å²) in [6.45, 7) is 9.87. The zero-order valence-electron chi connectivity index (χ0n) is 39.0. The first-order valence-corrected chi connectivity index (χ1v) is 24.8. The monoisotopic (exact) mass is 813 g/mol. The second kappa shape index (κ2) is 47.5. The maximum absolute atomic E-state index is 12.2. The van der Waals surface area contributed by atoms with E-state index >= 15 is 0 Å². The largest absolute Gasteiger partial charge is 0.466 e. The minimum absolute atomic E-state index is 0.0351. The van der Waals surface area contributed by atoms with Crippen LogP contribution in [0.15, 0.2) is 48.6 Å². The van der Waals surface area contributed by atoms with Crippen LogP contribution in [0.3, 0.4) is 0 Å². The van der Waals surface area contributed by atoms with E-state index in [0.717, 1.165) is 103 Å². The Balaban J connectivity index is 3.73. The number of rotatable bonds is 45. The van der Waals surface area contributed by atoms with Crippen LogP contribution in [-0.4, -0.2) is 75.2 Å². The first kappa shape index (κ1) is 55.8. The van der Waals surface area contributed by atoms with Crippen LogP contribution >= 0.6 is 0 Å². The smallest absolute Gasteiger partial charge is 0.305 e. The highest BCUT2D eigenvalue weighted by Crippen LogP contribution is 2.12. The first-order valence-electron chi connectivity index (χ1n) is 24.8. The third kappa shape index (κ3) is 46.5. The lowest BCUT2D eigenvalue weighted by molar-refractivity contribution is -0.144. The molecule has 0 bridgehead atoms. The van der Waals surface area contributed by atoms with Crippen molar-refractivity contribution in [1.29, 1.82) is 0 Å². The molecule has 0 fully saturated rings. The van der Waals surface area contributed by atoms with Gasteiger partial charge in [0.25, 0.3) is 0 Å². The lowest BCUT2D eigenvalue weighted by atomic mass is 10.1. The topological polar surface area (TPSA) is 59.1 Å². The summed E-state index contributed by atoms with van der Waals surface area (Å²) in [5.41, 5.74) is 0. The predicted octanol–water partition coefficient (Wildman–Crippen LogP) is 14.7. The summed E-state index contributed by atoms with van der Waals surface area (Å²) in [6, 6.07) is 0. The van der Waals surface area contributed by atoms with Gasteiger partial charge in [-0.2, -0.15) is 0 Å². The van der Waals surface area contributed by atoms with Crippen LogP contribution in [0.5, 0.6) is 0 Å². The van der Waals surface area contributed by atoms with E-state index in [9.17, 15) is 9.59 Å². The van der Waals surface area contributed by atoms with E-state index < -0.39 is 0 Å². The van der Waals surface area contributed by atoms with Crippen molar-refractivity contribution < 1.29 is 19.1 Å². The Morgan fingerprint density at radius 3 is 1.10 bits per heavy atom. The highest BCUT2D eigenvalue weighted by Gasteiger charge is 2.08. The second-order valence-electron chi connectivity index (χ2n) is 16.9. The molecular weight excluding hydrogens is 717 g/mol. The van der Waals surface area contributed by atoms with Gasteiger partial charge in [0.1, 0.15) is 0 Å². The van der Waals surface area contributed by atoms with Gasteiger partial charge in [0.05, 0.1) is 13.2 Å². The Kier molecular flexibility index (Phi) is 45.7. The normalized spacial score (nSPS) is 12.2. The van der Waals surface area contributed by atoms with Crippen LogP contribution in [0.25, 0.3) is 0 Å². The molecule has 0 radical (unpaired) electrons. The first-order chi connectivity index (χ1) is 28.5. The van der Waals surface area contributed by atoms with Crippen LogP contribution < -0.4 is 0 Å². The summed E-state index contributed by atoms with van der Waals surface area (Å²) in [7, 11) is 4.25. The number of nitrogens with zero attached hydrogens (tertiary/aromatic N) is 2. The van der Waals surface area contributed by atoms with E-state index in [1.165, 1.54) is 116 Å². The fraction of sp³-hybridized carbons (Fsp3) is 0.808. The number of carbonyl (C=O) groups is 2. The highest BCUT2D eigenvalue weighted by molar-refractivity contribution is 5.69. The van der Waals surface area contributed by atoms with Crippen molar-refractivity contribution in [2.24, 2.45) is 0 Å². The van der Waals surface area contributed by atoms with Gasteiger partial charge < -0.3 is 19.3 Å². The molecule has 0 aromatic heterocycles. The minimum Gasteiger partial charge on any atom is -0.466 e. The molecule has 6 heteroatoms. The van der Waals surface area contributed by atoms with Crippen molar-refractivity contribution in [3.63, 3.8) is 0 Å². The summed E-state index contributed by atoms with van der Waals surface area (Å²) in [4.78, 5) is 29.3. The molecule has 0 rings (SSSR count). The van der Waals surface area contributed by atoms with Crippen molar-refractivity contribution in [1.82, 2.24) is 9.80 Å². The average molecular weight is 813 g/mol. The summed E-state index contributed by atoms with van der Waals surface area (Å²) in [5, 5.41) is 0. The molecular formula is C52H96N2O4. The molecule has 0 heterocycles. The summed E-state index contributed by atoms with van der Waals surface area (Å²) < 4.78 is 11.0. The molecule has 338 valence electrons. The Bertz CT molecular complexity index is 916. The number of likely N-dealkylation sites (N-methyl/N-ethyl adjacent to an activating group) is 1. The van der Waals surface area contributed by atoms with Crippen LogP contribution in [0.2, 0.25) is 0 Å². The fourth-order valence-electron chi connectivity index (χ4n) is 6.94. The number of carbonyl (C=O) groups excluding carboxylic acids is 2. The number of esters is 2. The molecule has 0 N–H and O–H groups in total. The zero-order valence-corrected chi connectivity index (χ0v) is 39.0. The molecule has 0 atom stereocenters. The summed E-state index contributed by atoms with van der Waals surface area (Å²) in [6.07, 6.45) is 55.0. The molecule has 0 amide bonds. The minimum atomic E-state index is -0.0351. The third-order valence-corrected chi connectivity index (χ3v) is 10.8. The van der Waals surface area contributed by atoms with Gasteiger partial charge in [-0.3, -0.25) is 9.59 Å². The van der Waals surface area contributed by atoms with Gasteiger partial charge in [-0.1, -0.05) is 152 Å². The molecule has 0 saturated heterocycles. The van der Waals surface area contributed by atoms with Crippen LogP contribution in [-0.2, 0) is 19.1 Å². The van der Waals surface area contributed by atoms with Gasteiger partial charge in [-0.25, -0.2) is 0 Å². The van der Waals surface area contributed by atoms with E-state index in [-0.39, 0.29) is 11.9 Å². The van der Waals surface area contributed by atoms with Gasteiger partial charge in [-0.05, 0) is 130 Å². The van der Waals surface area contributed by atoms with Gasteiger partial charge in [0, 0.05) is 25.9 Å². The second-order valence-corrected chi connectivity index (χ2v) is 16.9. The van der Waals surface area contributed by atoms with E-state index in [1.807, 2.05) is 0 Å². The molecule has 0 aliphatic carbocycles.